The van der Waals surface area contributed by atoms with Crippen LogP contribution in [0.5, 0.6) is 5.75 Å². The third-order valence-corrected chi connectivity index (χ3v) is 9.23. The fraction of sp³-hybridized carbons (Fsp3) is 0.368. The molecule has 2 atom stereocenters. The van der Waals surface area contributed by atoms with Gasteiger partial charge in [-0.2, -0.15) is 5.26 Å². The zero-order valence-corrected chi connectivity index (χ0v) is 29.5. The van der Waals surface area contributed by atoms with Gasteiger partial charge in [-0.1, -0.05) is 31.7 Å². The smallest absolute Gasteiger partial charge is 0.247 e. The van der Waals surface area contributed by atoms with E-state index in [0.29, 0.717) is 53.1 Å². The number of carbonyl (C=O) groups is 1. The lowest BCUT2D eigenvalue weighted by Crippen LogP contribution is -2.38. The second-order valence-electron chi connectivity index (χ2n) is 12.7. The summed E-state index contributed by atoms with van der Waals surface area (Å²) in [6.07, 6.45) is 8.22. The molecule has 11 heteroatoms. The molecule has 3 aromatic rings. The summed E-state index contributed by atoms with van der Waals surface area (Å²) in [7, 11) is 7.56. The molecule has 11 nitrogen and oxygen atoms in total. The van der Waals surface area contributed by atoms with E-state index in [1.54, 1.807) is 13.2 Å². The molecule has 1 amide bonds. The van der Waals surface area contributed by atoms with Gasteiger partial charge in [-0.05, 0) is 50.5 Å². The minimum absolute atomic E-state index is 0.315. The number of rotatable bonds is 11. The summed E-state index contributed by atoms with van der Waals surface area (Å²) >= 11 is 0. The lowest BCUT2D eigenvalue weighted by Gasteiger charge is -2.31. The molecule has 256 valence electrons. The molecule has 2 aliphatic heterocycles. The molecule has 2 aromatic carbocycles. The summed E-state index contributed by atoms with van der Waals surface area (Å²) in [4.78, 5) is 22.0. The van der Waals surface area contributed by atoms with Gasteiger partial charge in [-0.15, -0.1) is 0 Å². The predicted molar refractivity (Wildman–Crippen MR) is 199 cm³/mol. The topological polar surface area (TPSA) is 121 Å². The second-order valence-corrected chi connectivity index (χ2v) is 12.7. The van der Waals surface area contributed by atoms with Crippen molar-refractivity contribution < 1.29 is 19.2 Å². The predicted octanol–water partition coefficient (Wildman–Crippen LogP) is 5.72. The molecule has 0 aliphatic carbocycles. The molecule has 1 fully saturated rings. The Kier molecular flexibility index (Phi) is 10.6. The van der Waals surface area contributed by atoms with Crippen molar-refractivity contribution in [1.82, 2.24) is 4.57 Å². The molecule has 2 aliphatic rings. The Morgan fingerprint density at radius 2 is 2.00 bits per heavy atom. The Bertz CT molecular complexity index is 1940. The number of allylic oxidation sites excluding steroid dienone is 3. The number of benzene rings is 2. The van der Waals surface area contributed by atoms with Crippen LogP contribution < -0.4 is 25.2 Å². The zero-order chi connectivity index (χ0) is 35.4. The van der Waals surface area contributed by atoms with Crippen LogP contribution in [0.2, 0.25) is 0 Å². The van der Waals surface area contributed by atoms with E-state index in [9.17, 15) is 15.2 Å². The van der Waals surface area contributed by atoms with Crippen LogP contribution in [0.1, 0.15) is 39.2 Å². The number of nitrogens with one attached hydrogen (secondary N) is 2. The minimum atomic E-state index is -0.681. The average molecular weight is 664 g/mol. The summed E-state index contributed by atoms with van der Waals surface area (Å²) in [6.45, 7) is 11.6. The second kappa shape index (κ2) is 14.8. The van der Waals surface area contributed by atoms with Crippen molar-refractivity contribution in [2.45, 2.75) is 46.4 Å². The van der Waals surface area contributed by atoms with E-state index in [0.717, 1.165) is 52.9 Å². The number of hydrogen-bond acceptors (Lipinski definition) is 8. The largest absolute Gasteiger partial charge is 0.494 e. The number of aliphatic hydroxyl groups excluding tert-OH is 1. The number of para-hydroxylation sites is 1. The molecule has 0 bridgehead atoms. The number of nitriles is 1. The normalized spacial score (nSPS) is 18.2. The maximum atomic E-state index is 12.6. The molecule has 3 heterocycles. The third-order valence-electron chi connectivity index (χ3n) is 9.23. The van der Waals surface area contributed by atoms with E-state index in [-0.39, 0.29) is 5.91 Å². The standard InChI is InChI=1S/C38H46N8O3/c1-9-24(4)38(42-36(26(10-2)19-39)28-22-46-23-35(48)44(7)31-14-12-13-27(28)37(31)46)41-30-17-29(40-34(47)11-3)32(18-33(30)49-8)45-16-15-25(21-45)20-43(5)6/h10-14,17-18,20,22,25,35,41,48H,3,9,15-16,21,23H2,1-2,4-8H3/p+1. The first-order chi connectivity index (χ1) is 23.5. The number of methoxy groups -OCH3 is 1. The fourth-order valence-electron chi connectivity index (χ4n) is 6.50. The highest BCUT2D eigenvalue weighted by Gasteiger charge is 2.29. The van der Waals surface area contributed by atoms with Crippen LogP contribution in [0.25, 0.3) is 10.9 Å². The molecule has 3 N–H and O–H groups in total. The summed E-state index contributed by atoms with van der Waals surface area (Å²) in [5, 5.41) is 28.5. The van der Waals surface area contributed by atoms with E-state index in [1.165, 1.54) is 6.08 Å². The number of aromatic nitrogens is 1. The summed E-state index contributed by atoms with van der Waals surface area (Å²) < 4.78 is 10.0. The van der Waals surface area contributed by atoms with E-state index in [1.807, 2.05) is 81.0 Å². The van der Waals surface area contributed by atoms with Crippen molar-refractivity contribution >= 4 is 51.5 Å². The van der Waals surface area contributed by atoms with Gasteiger partial charge in [0.2, 0.25) is 5.91 Å². The third kappa shape index (κ3) is 7.10. The molecule has 2 unspecified atom stereocenters. The van der Waals surface area contributed by atoms with Crippen LogP contribution in [0, 0.1) is 17.2 Å². The van der Waals surface area contributed by atoms with Gasteiger partial charge in [0.25, 0.3) is 0 Å². The van der Waals surface area contributed by atoms with E-state index >= 15 is 0 Å². The van der Waals surface area contributed by atoms with Gasteiger partial charge in [-0.25, -0.2) is 9.57 Å². The Balaban J connectivity index is 1.64. The lowest BCUT2D eigenvalue weighted by atomic mass is 10.0. The van der Waals surface area contributed by atoms with Crippen LogP contribution >= 0.6 is 0 Å². The number of aliphatic hydroxyl groups is 1. The van der Waals surface area contributed by atoms with Crippen molar-refractivity contribution in [2.75, 3.05) is 61.8 Å². The van der Waals surface area contributed by atoms with E-state index < -0.39 is 6.23 Å². The molecule has 0 spiro atoms. The Morgan fingerprint density at radius 3 is 2.65 bits per heavy atom. The molecule has 5 rings (SSSR count). The lowest BCUT2D eigenvalue weighted by molar-refractivity contribution is -0.461. The van der Waals surface area contributed by atoms with Crippen LogP contribution in [0.15, 0.2) is 77.2 Å². The molecule has 1 aromatic heterocycles. The number of nitrogens with zero attached hydrogens (tertiary/aromatic N) is 6. The quantitative estimate of drug-likeness (QED) is 0.104. The van der Waals surface area contributed by atoms with Gasteiger partial charge in [0.05, 0.1) is 59.1 Å². The number of ether oxygens (including phenoxy) is 1. The zero-order valence-electron chi connectivity index (χ0n) is 29.5. The van der Waals surface area contributed by atoms with E-state index in [4.69, 9.17) is 9.73 Å². The monoisotopic (exact) mass is 663 g/mol. The van der Waals surface area contributed by atoms with Gasteiger partial charge in [0.15, 0.2) is 0 Å². The number of likely N-dealkylation sites (N-methyl/N-ethyl adjacent to an activating group) is 1. The van der Waals surface area contributed by atoms with Gasteiger partial charge < -0.3 is 34.8 Å². The highest BCUT2D eigenvalue weighted by atomic mass is 16.5. The maximum Gasteiger partial charge on any atom is 0.247 e. The van der Waals surface area contributed by atoms with Crippen LogP contribution in [-0.4, -0.2) is 79.7 Å². The van der Waals surface area contributed by atoms with Crippen molar-refractivity contribution in [3.63, 3.8) is 0 Å². The summed E-state index contributed by atoms with van der Waals surface area (Å²) in [5.41, 5.74) is 6.65. The number of amides is 1. The molecule has 0 radical (unpaired) electrons. The molecular weight excluding hydrogens is 616 g/mol. The number of carbonyl (C=O) groups excluding carboxylic acids is 1. The average Bonchev–Trinajstić information content (AvgIpc) is 3.70. The van der Waals surface area contributed by atoms with Crippen molar-refractivity contribution in [3.8, 4) is 11.8 Å². The van der Waals surface area contributed by atoms with Crippen molar-refractivity contribution in [1.29, 1.82) is 5.26 Å². The Hall–Kier alpha value is -5.34. The van der Waals surface area contributed by atoms with Gasteiger partial charge in [0.1, 0.15) is 44.2 Å². The Morgan fingerprint density at radius 1 is 1.22 bits per heavy atom. The SMILES string of the molecule is C=CC(=O)Nc1cc(NC(N=C(C(C#N)=CC)c2cn3c4c(cccc24)N(C)C(O)C3)=C(C)CC)c(OC)cc1N1CCC(C=[N+](C)C)C1. The van der Waals surface area contributed by atoms with Gasteiger partial charge in [-0.3, -0.25) is 4.79 Å². The van der Waals surface area contributed by atoms with Crippen molar-refractivity contribution in [2.24, 2.45) is 10.9 Å². The summed E-state index contributed by atoms with van der Waals surface area (Å²) in [5.74, 6) is 1.21. The molecule has 0 saturated carbocycles. The molecule has 49 heavy (non-hydrogen) atoms. The first-order valence-electron chi connectivity index (χ1n) is 16.6. The van der Waals surface area contributed by atoms with Crippen LogP contribution in [0.3, 0.4) is 0 Å². The first kappa shape index (κ1) is 35.0. The van der Waals surface area contributed by atoms with E-state index in [2.05, 4.69) is 45.9 Å². The fourth-order valence-corrected chi connectivity index (χ4v) is 6.50. The van der Waals surface area contributed by atoms with Gasteiger partial charge >= 0.3 is 0 Å². The molecular formula is C38H47N8O3+. The maximum absolute atomic E-state index is 12.6. The van der Waals surface area contributed by atoms with Crippen LogP contribution in [0.4, 0.5) is 22.7 Å². The highest BCUT2D eigenvalue weighted by Crippen LogP contribution is 2.41. The number of anilines is 4. The summed E-state index contributed by atoms with van der Waals surface area (Å²) in [6, 6.07) is 12.1. The Labute approximate surface area is 288 Å². The first-order valence-corrected chi connectivity index (χ1v) is 16.6. The number of aliphatic imine (C=N–C) groups is 1. The number of hydrogen-bond donors (Lipinski definition) is 3. The minimum Gasteiger partial charge on any atom is -0.494 e. The van der Waals surface area contributed by atoms with Gasteiger partial charge in [0, 0.05) is 43.4 Å². The van der Waals surface area contributed by atoms with Crippen LogP contribution in [-0.2, 0) is 11.3 Å². The molecule has 1 saturated heterocycles. The highest BCUT2D eigenvalue weighted by molar-refractivity contribution is 6.22. The van der Waals surface area contributed by atoms with Crippen molar-refractivity contribution in [3.05, 3.63) is 77.8 Å².